The van der Waals surface area contributed by atoms with Crippen LogP contribution in [0, 0.1) is 22.8 Å². The topological polar surface area (TPSA) is 63.2 Å². The lowest BCUT2D eigenvalue weighted by Crippen LogP contribution is -2.21. The van der Waals surface area contributed by atoms with Gasteiger partial charge in [-0.1, -0.05) is 6.92 Å². The Labute approximate surface area is 72.7 Å². The van der Waals surface area contributed by atoms with Gasteiger partial charge in [0.25, 0.3) is 0 Å². The summed E-state index contributed by atoms with van der Waals surface area (Å²) in [4.78, 5) is 5.42. The van der Waals surface area contributed by atoms with Crippen LogP contribution >= 0.6 is 0 Å². The summed E-state index contributed by atoms with van der Waals surface area (Å²) < 4.78 is 0. The van der Waals surface area contributed by atoms with Gasteiger partial charge in [-0.25, -0.2) is 0 Å². The molecule has 0 bridgehead atoms. The first-order chi connectivity index (χ1) is 5.76. The van der Waals surface area contributed by atoms with Gasteiger partial charge in [0, 0.05) is 13.6 Å². The Morgan fingerprint density at radius 1 is 1.50 bits per heavy atom. The van der Waals surface area contributed by atoms with Crippen LogP contribution in [0.2, 0.25) is 0 Å². The predicted octanol–water partition coefficient (Wildman–Crippen LogP) is 1.12. The number of hydrogen-bond donors (Lipinski definition) is 0. The zero-order valence-corrected chi connectivity index (χ0v) is 7.41. The molecule has 0 amide bonds. The summed E-state index contributed by atoms with van der Waals surface area (Å²) >= 11 is 0. The van der Waals surface area contributed by atoms with Gasteiger partial charge in [-0.3, -0.25) is 9.89 Å². The van der Waals surface area contributed by atoms with E-state index in [9.17, 15) is 0 Å². The van der Waals surface area contributed by atoms with E-state index in [0.717, 1.165) is 6.42 Å². The molecule has 0 aliphatic rings. The molecule has 0 aromatic heterocycles. The third-order valence-corrected chi connectivity index (χ3v) is 1.29. The summed E-state index contributed by atoms with van der Waals surface area (Å²) in [6, 6.07) is 1.97. The Morgan fingerprint density at radius 2 is 2.17 bits per heavy atom. The molecule has 0 aromatic carbocycles. The number of rotatable bonds is 3. The molecular weight excluding hydrogens is 152 g/mol. The van der Waals surface area contributed by atoms with Crippen LogP contribution in [0.3, 0.4) is 0 Å². The highest BCUT2D eigenvalue weighted by molar-refractivity contribution is 5.85. The van der Waals surface area contributed by atoms with Crippen LogP contribution in [0.1, 0.15) is 19.8 Å². The molecule has 0 heterocycles. The van der Waals surface area contributed by atoms with E-state index < -0.39 is 0 Å². The van der Waals surface area contributed by atoms with Gasteiger partial charge >= 0.3 is 0 Å². The Kier molecular flexibility index (Phi) is 5.38. The molecular formula is C8H12N4. The van der Waals surface area contributed by atoms with Gasteiger partial charge in [0.05, 0.1) is 12.5 Å². The van der Waals surface area contributed by atoms with E-state index in [1.54, 1.807) is 7.05 Å². The van der Waals surface area contributed by atoms with Crippen molar-refractivity contribution in [3.63, 3.8) is 0 Å². The van der Waals surface area contributed by atoms with Crippen molar-refractivity contribution in [2.24, 2.45) is 4.99 Å². The van der Waals surface area contributed by atoms with Crippen molar-refractivity contribution < 1.29 is 0 Å². The number of nitriles is 2. The molecule has 0 saturated carbocycles. The third-order valence-electron chi connectivity index (χ3n) is 1.29. The fourth-order valence-corrected chi connectivity index (χ4v) is 0.650. The van der Waals surface area contributed by atoms with Crippen molar-refractivity contribution in [1.29, 1.82) is 10.5 Å². The summed E-state index contributed by atoms with van der Waals surface area (Å²) in [6.45, 7) is 2.67. The summed E-state index contributed by atoms with van der Waals surface area (Å²) in [5.41, 5.74) is 0. The van der Waals surface area contributed by atoms with Crippen LogP contribution in [0.4, 0.5) is 0 Å². The fourth-order valence-electron chi connectivity index (χ4n) is 0.650. The van der Waals surface area contributed by atoms with Crippen molar-refractivity contribution in [1.82, 2.24) is 4.90 Å². The molecule has 12 heavy (non-hydrogen) atoms. The fraction of sp³-hybridized carbons (Fsp3) is 0.625. The molecule has 64 valence electrons. The minimum absolute atomic E-state index is 0.198. The predicted molar refractivity (Wildman–Crippen MR) is 46.2 cm³/mol. The van der Waals surface area contributed by atoms with Crippen LogP contribution in [-0.2, 0) is 0 Å². The molecule has 0 atom stereocenters. The maximum absolute atomic E-state index is 8.52. The highest BCUT2D eigenvalue weighted by atomic mass is 15.1. The standard InChI is InChI=1S/C8H12N4/c1-3-6-11-8(4-5-9)12(2)7-10/h3-4,6H2,1-2H3. The van der Waals surface area contributed by atoms with Gasteiger partial charge < -0.3 is 0 Å². The quantitative estimate of drug-likeness (QED) is 0.272. The average Bonchev–Trinajstić information content (AvgIpc) is 2.11. The zero-order chi connectivity index (χ0) is 9.40. The summed E-state index contributed by atoms with van der Waals surface area (Å²) in [5, 5.41) is 16.9. The molecule has 4 heteroatoms. The van der Waals surface area contributed by atoms with Crippen molar-refractivity contribution in [3.05, 3.63) is 0 Å². The van der Waals surface area contributed by atoms with E-state index >= 15 is 0 Å². The first kappa shape index (κ1) is 10.4. The first-order valence-corrected chi connectivity index (χ1v) is 3.80. The Balaban J connectivity index is 4.25. The maximum Gasteiger partial charge on any atom is 0.184 e. The largest absolute Gasteiger partial charge is 0.271 e. The molecule has 0 radical (unpaired) electrons. The average molecular weight is 164 g/mol. The van der Waals surface area contributed by atoms with E-state index in [-0.39, 0.29) is 6.42 Å². The zero-order valence-electron chi connectivity index (χ0n) is 7.41. The van der Waals surface area contributed by atoms with Crippen LogP contribution in [-0.4, -0.2) is 24.3 Å². The minimum atomic E-state index is 0.198. The van der Waals surface area contributed by atoms with Crippen molar-refractivity contribution in [3.8, 4) is 12.3 Å². The molecule has 0 aromatic rings. The number of amidine groups is 1. The van der Waals surface area contributed by atoms with Crippen LogP contribution in [0.25, 0.3) is 0 Å². The lowest BCUT2D eigenvalue weighted by Gasteiger charge is -2.08. The summed E-state index contributed by atoms with van der Waals surface area (Å²) in [6.07, 6.45) is 3.03. The molecule has 0 N–H and O–H groups in total. The van der Waals surface area contributed by atoms with Crippen LogP contribution < -0.4 is 0 Å². The maximum atomic E-state index is 8.52. The van der Waals surface area contributed by atoms with Crippen LogP contribution in [0.15, 0.2) is 4.99 Å². The lowest BCUT2D eigenvalue weighted by molar-refractivity contribution is 0.688. The van der Waals surface area contributed by atoms with Gasteiger partial charge in [0.1, 0.15) is 5.84 Å². The first-order valence-electron chi connectivity index (χ1n) is 3.80. The Hall–Kier alpha value is -1.55. The Morgan fingerprint density at radius 3 is 2.58 bits per heavy atom. The van der Waals surface area contributed by atoms with Gasteiger partial charge in [-0.15, -0.1) is 0 Å². The van der Waals surface area contributed by atoms with Gasteiger partial charge in [0.2, 0.25) is 0 Å². The van der Waals surface area contributed by atoms with Crippen molar-refractivity contribution >= 4 is 5.84 Å². The van der Waals surface area contributed by atoms with E-state index in [1.807, 2.05) is 19.2 Å². The number of aliphatic imine (C=N–C) groups is 1. The van der Waals surface area contributed by atoms with E-state index in [0.29, 0.717) is 12.4 Å². The normalized spacial score (nSPS) is 10.2. The number of nitrogens with zero attached hydrogens (tertiary/aromatic N) is 4. The lowest BCUT2D eigenvalue weighted by atomic mass is 10.4. The SMILES string of the molecule is CCCN=C(CC#N)N(C)C#N. The van der Waals surface area contributed by atoms with Crippen molar-refractivity contribution in [2.75, 3.05) is 13.6 Å². The van der Waals surface area contributed by atoms with Gasteiger partial charge in [-0.05, 0) is 6.42 Å². The minimum Gasteiger partial charge on any atom is -0.271 e. The molecule has 0 spiro atoms. The molecule has 0 fully saturated rings. The molecule has 0 rings (SSSR count). The Bertz CT molecular complexity index is 230. The molecule has 4 nitrogen and oxygen atoms in total. The van der Waals surface area contributed by atoms with E-state index in [2.05, 4.69) is 4.99 Å². The highest BCUT2D eigenvalue weighted by Crippen LogP contribution is 1.92. The van der Waals surface area contributed by atoms with Crippen molar-refractivity contribution in [2.45, 2.75) is 19.8 Å². The second kappa shape index (κ2) is 6.18. The number of hydrogen-bond acceptors (Lipinski definition) is 3. The molecule has 0 saturated heterocycles. The third kappa shape index (κ3) is 3.58. The smallest absolute Gasteiger partial charge is 0.184 e. The van der Waals surface area contributed by atoms with Crippen LogP contribution in [0.5, 0.6) is 0 Å². The molecule has 0 unspecified atom stereocenters. The van der Waals surface area contributed by atoms with E-state index in [4.69, 9.17) is 10.5 Å². The molecule has 0 aliphatic carbocycles. The second-order valence-corrected chi connectivity index (χ2v) is 2.29. The monoisotopic (exact) mass is 164 g/mol. The van der Waals surface area contributed by atoms with Gasteiger partial charge in [0.15, 0.2) is 6.19 Å². The summed E-state index contributed by atoms with van der Waals surface area (Å²) in [5.74, 6) is 0.543. The summed E-state index contributed by atoms with van der Waals surface area (Å²) in [7, 11) is 1.60. The highest BCUT2D eigenvalue weighted by Gasteiger charge is 2.02. The second-order valence-electron chi connectivity index (χ2n) is 2.29. The molecule has 0 aliphatic heterocycles. The van der Waals surface area contributed by atoms with E-state index in [1.165, 1.54) is 4.90 Å². The van der Waals surface area contributed by atoms with Gasteiger partial charge in [-0.2, -0.15) is 10.5 Å².